The van der Waals surface area contributed by atoms with Gasteiger partial charge in [0, 0.05) is 31.6 Å². The highest BCUT2D eigenvalue weighted by Crippen LogP contribution is 2.44. The highest BCUT2D eigenvalue weighted by Gasteiger charge is 2.42. The van der Waals surface area contributed by atoms with E-state index in [4.69, 9.17) is 4.74 Å². The fourth-order valence-corrected chi connectivity index (χ4v) is 5.18. The molecule has 1 aliphatic carbocycles. The Morgan fingerprint density at radius 3 is 2.71 bits per heavy atom. The fraction of sp³-hybridized carbons (Fsp3) is 0.500. The SMILES string of the molecule is O[C@@H](CN1CCC2(CC1)C[C@H](O)c1ccccc1O2)c1ccc2c(c1)CCC2. The minimum absolute atomic E-state index is 0.275. The van der Waals surface area contributed by atoms with Crippen molar-refractivity contribution in [3.05, 3.63) is 64.7 Å². The van der Waals surface area contributed by atoms with Gasteiger partial charge in [-0.3, -0.25) is 0 Å². The molecular weight excluding hydrogens is 350 g/mol. The van der Waals surface area contributed by atoms with Crippen molar-refractivity contribution in [3.8, 4) is 5.75 Å². The topological polar surface area (TPSA) is 52.9 Å². The molecular formula is C24H29NO3. The molecule has 0 radical (unpaired) electrons. The molecule has 148 valence electrons. The summed E-state index contributed by atoms with van der Waals surface area (Å²) in [5.41, 5.74) is 4.53. The summed E-state index contributed by atoms with van der Waals surface area (Å²) in [5, 5.41) is 21.3. The molecule has 1 saturated heterocycles. The third-order valence-corrected chi connectivity index (χ3v) is 6.88. The fourth-order valence-electron chi connectivity index (χ4n) is 5.18. The number of nitrogens with zero attached hydrogens (tertiary/aromatic N) is 1. The number of aliphatic hydroxyl groups excluding tert-OH is 2. The van der Waals surface area contributed by atoms with E-state index < -0.39 is 12.2 Å². The van der Waals surface area contributed by atoms with Gasteiger partial charge in [0.1, 0.15) is 11.4 Å². The second-order valence-electron chi connectivity index (χ2n) is 8.74. The van der Waals surface area contributed by atoms with Crippen molar-refractivity contribution < 1.29 is 14.9 Å². The molecule has 0 aromatic heterocycles. The second kappa shape index (κ2) is 7.18. The van der Waals surface area contributed by atoms with Crippen molar-refractivity contribution in [3.63, 3.8) is 0 Å². The quantitative estimate of drug-likeness (QED) is 0.856. The lowest BCUT2D eigenvalue weighted by molar-refractivity contribution is -0.0587. The zero-order valence-corrected chi connectivity index (χ0v) is 16.3. The molecule has 5 rings (SSSR count). The monoisotopic (exact) mass is 379 g/mol. The van der Waals surface area contributed by atoms with Gasteiger partial charge in [-0.1, -0.05) is 36.4 Å². The van der Waals surface area contributed by atoms with E-state index >= 15 is 0 Å². The minimum Gasteiger partial charge on any atom is -0.487 e. The van der Waals surface area contributed by atoms with Gasteiger partial charge >= 0.3 is 0 Å². The largest absolute Gasteiger partial charge is 0.487 e. The molecule has 4 heteroatoms. The van der Waals surface area contributed by atoms with Crippen LogP contribution in [-0.4, -0.2) is 40.3 Å². The Kier molecular flexibility index (Phi) is 4.66. The number of β-amino-alcohol motifs (C(OH)–C–C–N with tert-alkyl or cyclic N) is 1. The average Bonchev–Trinajstić information content (AvgIpc) is 3.18. The number of para-hydroxylation sites is 1. The van der Waals surface area contributed by atoms with Crippen LogP contribution in [0.2, 0.25) is 0 Å². The maximum absolute atomic E-state index is 10.8. The van der Waals surface area contributed by atoms with Crippen molar-refractivity contribution in [2.24, 2.45) is 0 Å². The number of hydrogen-bond acceptors (Lipinski definition) is 4. The number of hydrogen-bond donors (Lipinski definition) is 2. The molecule has 0 amide bonds. The van der Waals surface area contributed by atoms with Crippen LogP contribution >= 0.6 is 0 Å². The normalized spacial score (nSPS) is 24.4. The molecule has 28 heavy (non-hydrogen) atoms. The van der Waals surface area contributed by atoms with Crippen LogP contribution in [0.3, 0.4) is 0 Å². The molecule has 0 unspecified atom stereocenters. The Morgan fingerprint density at radius 1 is 1.07 bits per heavy atom. The lowest BCUT2D eigenvalue weighted by Gasteiger charge is -2.46. The summed E-state index contributed by atoms with van der Waals surface area (Å²) in [6, 6.07) is 14.3. The Morgan fingerprint density at radius 2 is 1.86 bits per heavy atom. The van der Waals surface area contributed by atoms with Gasteiger partial charge in [0.25, 0.3) is 0 Å². The maximum atomic E-state index is 10.8. The van der Waals surface area contributed by atoms with Gasteiger partial charge in [0.2, 0.25) is 0 Å². The van der Waals surface area contributed by atoms with E-state index in [2.05, 4.69) is 23.1 Å². The van der Waals surface area contributed by atoms with Crippen LogP contribution in [0, 0.1) is 0 Å². The molecule has 1 spiro atoms. The lowest BCUT2D eigenvalue weighted by Crippen LogP contribution is -2.51. The number of aryl methyl sites for hydroxylation is 2. The molecule has 0 saturated carbocycles. The first-order valence-corrected chi connectivity index (χ1v) is 10.6. The lowest BCUT2D eigenvalue weighted by atomic mass is 9.81. The highest BCUT2D eigenvalue weighted by molar-refractivity contribution is 5.38. The molecule has 0 bridgehead atoms. The summed E-state index contributed by atoms with van der Waals surface area (Å²) in [6.45, 7) is 2.43. The molecule has 4 nitrogen and oxygen atoms in total. The Hall–Kier alpha value is -1.88. The van der Waals surface area contributed by atoms with Gasteiger partial charge in [0.05, 0.1) is 12.2 Å². The third-order valence-electron chi connectivity index (χ3n) is 6.88. The van der Waals surface area contributed by atoms with Gasteiger partial charge in [0.15, 0.2) is 0 Å². The number of benzene rings is 2. The number of ether oxygens (including phenoxy) is 1. The van der Waals surface area contributed by atoms with Crippen LogP contribution in [-0.2, 0) is 12.8 Å². The summed E-state index contributed by atoms with van der Waals surface area (Å²) in [7, 11) is 0. The zero-order valence-electron chi connectivity index (χ0n) is 16.3. The van der Waals surface area contributed by atoms with E-state index in [1.54, 1.807) is 0 Å². The first-order valence-electron chi connectivity index (χ1n) is 10.6. The molecule has 2 aliphatic heterocycles. The summed E-state index contributed by atoms with van der Waals surface area (Å²) >= 11 is 0. The zero-order chi connectivity index (χ0) is 19.1. The number of aliphatic hydroxyl groups is 2. The number of piperidine rings is 1. The predicted molar refractivity (Wildman–Crippen MR) is 108 cm³/mol. The first kappa shape index (κ1) is 18.2. The average molecular weight is 380 g/mol. The summed E-state index contributed by atoms with van der Waals surface area (Å²) < 4.78 is 6.37. The highest BCUT2D eigenvalue weighted by atomic mass is 16.5. The minimum atomic E-state index is -0.450. The van der Waals surface area contributed by atoms with Crippen molar-refractivity contribution in [2.75, 3.05) is 19.6 Å². The van der Waals surface area contributed by atoms with E-state index in [1.165, 1.54) is 24.0 Å². The van der Waals surface area contributed by atoms with E-state index in [1.807, 2.05) is 24.3 Å². The Balaban J connectivity index is 1.22. The van der Waals surface area contributed by atoms with Crippen molar-refractivity contribution in [1.29, 1.82) is 0 Å². The van der Waals surface area contributed by atoms with Gasteiger partial charge in [-0.15, -0.1) is 0 Å². The van der Waals surface area contributed by atoms with Crippen LogP contribution in [0.15, 0.2) is 42.5 Å². The van der Waals surface area contributed by atoms with Crippen molar-refractivity contribution >= 4 is 0 Å². The van der Waals surface area contributed by atoms with E-state index in [9.17, 15) is 10.2 Å². The molecule has 2 aromatic rings. The summed E-state index contributed by atoms with van der Waals surface area (Å²) in [4.78, 5) is 2.33. The maximum Gasteiger partial charge on any atom is 0.125 e. The van der Waals surface area contributed by atoms with Crippen LogP contribution in [0.25, 0.3) is 0 Å². The van der Waals surface area contributed by atoms with Crippen LogP contribution in [0.4, 0.5) is 0 Å². The third kappa shape index (κ3) is 3.34. The molecule has 1 fully saturated rings. The smallest absolute Gasteiger partial charge is 0.125 e. The van der Waals surface area contributed by atoms with Crippen molar-refractivity contribution in [1.82, 2.24) is 4.90 Å². The van der Waals surface area contributed by atoms with Crippen LogP contribution in [0.5, 0.6) is 5.75 Å². The predicted octanol–water partition coefficient (Wildman–Crippen LogP) is 3.56. The van der Waals surface area contributed by atoms with Gasteiger partial charge in [-0.2, -0.15) is 0 Å². The second-order valence-corrected chi connectivity index (χ2v) is 8.74. The summed E-state index contributed by atoms with van der Waals surface area (Å²) in [5.74, 6) is 0.827. The molecule has 2 heterocycles. The molecule has 2 N–H and O–H groups in total. The van der Waals surface area contributed by atoms with Crippen LogP contribution < -0.4 is 4.74 Å². The Bertz CT molecular complexity index is 857. The standard InChI is InChI=1S/C24H29NO3/c26-21-15-24(28-23-7-2-1-6-20(21)23)10-12-25(13-11-24)16-22(27)19-9-8-17-4-3-5-18(17)14-19/h1-2,6-9,14,21-22,26-27H,3-5,10-13,15-16H2/t21-,22-/m0/s1. The van der Waals surface area contributed by atoms with Gasteiger partial charge in [-0.25, -0.2) is 0 Å². The first-order chi connectivity index (χ1) is 13.6. The number of rotatable bonds is 3. The van der Waals surface area contributed by atoms with E-state index in [-0.39, 0.29) is 5.60 Å². The number of fused-ring (bicyclic) bond motifs is 2. The number of likely N-dealkylation sites (tertiary alicyclic amines) is 1. The van der Waals surface area contributed by atoms with E-state index in [0.29, 0.717) is 13.0 Å². The summed E-state index contributed by atoms with van der Waals surface area (Å²) in [6.07, 6.45) is 5.08. The van der Waals surface area contributed by atoms with E-state index in [0.717, 1.165) is 49.2 Å². The molecule has 3 aliphatic rings. The molecule has 2 atom stereocenters. The van der Waals surface area contributed by atoms with Gasteiger partial charge < -0.3 is 19.8 Å². The Labute approximate surface area is 166 Å². The van der Waals surface area contributed by atoms with Crippen LogP contribution in [0.1, 0.15) is 60.1 Å². The van der Waals surface area contributed by atoms with Crippen molar-refractivity contribution in [2.45, 2.75) is 56.3 Å². The molecule has 2 aromatic carbocycles. The van der Waals surface area contributed by atoms with Gasteiger partial charge in [-0.05, 0) is 54.9 Å².